The highest BCUT2D eigenvalue weighted by atomic mass is 16.5. The smallest absolute Gasteiger partial charge is 0.118 e. The molecule has 0 amide bonds. The monoisotopic (exact) mass is 253 g/mol. The minimum Gasteiger partial charge on any atom is -0.497 e. The lowest BCUT2D eigenvalue weighted by molar-refractivity contribution is 0.102. The third-order valence-corrected chi connectivity index (χ3v) is 3.23. The second kappa shape index (κ2) is 5.13. The van der Waals surface area contributed by atoms with Crippen molar-refractivity contribution < 1.29 is 9.84 Å². The van der Waals surface area contributed by atoms with Gasteiger partial charge in [0.2, 0.25) is 0 Å². The number of ether oxygens (including phenoxy) is 1. The van der Waals surface area contributed by atoms with Crippen LogP contribution in [0.1, 0.15) is 23.6 Å². The predicted molar refractivity (Wildman–Crippen MR) is 72.8 cm³/mol. The van der Waals surface area contributed by atoms with Gasteiger partial charge in [-0.2, -0.15) is 5.26 Å². The van der Waals surface area contributed by atoms with Crippen molar-refractivity contribution in [2.24, 2.45) is 0 Å². The summed E-state index contributed by atoms with van der Waals surface area (Å²) in [7, 11) is 1.60. The molecule has 0 radical (unpaired) electrons. The molecule has 1 N–H and O–H groups in total. The van der Waals surface area contributed by atoms with E-state index in [1.807, 2.05) is 24.3 Å². The number of rotatable bonds is 3. The van der Waals surface area contributed by atoms with Crippen LogP contribution in [0.4, 0.5) is 0 Å². The molecular weight excluding hydrogens is 238 g/mol. The van der Waals surface area contributed by atoms with Gasteiger partial charge in [-0.25, -0.2) is 0 Å². The molecule has 19 heavy (non-hydrogen) atoms. The zero-order valence-electron chi connectivity index (χ0n) is 10.9. The fourth-order valence-electron chi connectivity index (χ4n) is 1.95. The van der Waals surface area contributed by atoms with Crippen LogP contribution in [0.2, 0.25) is 0 Å². The maximum Gasteiger partial charge on any atom is 0.118 e. The highest BCUT2D eigenvalue weighted by Crippen LogP contribution is 2.30. The van der Waals surface area contributed by atoms with Gasteiger partial charge in [0.15, 0.2) is 0 Å². The van der Waals surface area contributed by atoms with Gasteiger partial charge >= 0.3 is 0 Å². The average molecular weight is 253 g/mol. The molecule has 3 heteroatoms. The third kappa shape index (κ3) is 2.59. The van der Waals surface area contributed by atoms with Crippen molar-refractivity contribution >= 4 is 0 Å². The van der Waals surface area contributed by atoms with Crippen LogP contribution in [0.5, 0.6) is 5.75 Å². The van der Waals surface area contributed by atoms with Gasteiger partial charge in [0.25, 0.3) is 0 Å². The molecule has 0 saturated heterocycles. The number of nitriles is 1. The van der Waals surface area contributed by atoms with E-state index >= 15 is 0 Å². The number of hydrogen-bond acceptors (Lipinski definition) is 3. The first kappa shape index (κ1) is 13.1. The fourth-order valence-corrected chi connectivity index (χ4v) is 1.95. The van der Waals surface area contributed by atoms with E-state index in [1.54, 1.807) is 38.3 Å². The lowest BCUT2D eigenvalue weighted by Gasteiger charge is -2.24. The maximum absolute atomic E-state index is 10.7. The second-order valence-electron chi connectivity index (χ2n) is 4.49. The van der Waals surface area contributed by atoms with Crippen molar-refractivity contribution in [1.29, 1.82) is 5.26 Å². The third-order valence-electron chi connectivity index (χ3n) is 3.23. The lowest BCUT2D eigenvalue weighted by Crippen LogP contribution is -2.22. The molecule has 0 bridgehead atoms. The van der Waals surface area contributed by atoms with E-state index in [1.165, 1.54) is 0 Å². The first-order chi connectivity index (χ1) is 9.07. The molecule has 0 aliphatic heterocycles. The number of methoxy groups -OCH3 is 1. The lowest BCUT2D eigenvalue weighted by atomic mass is 9.88. The minimum atomic E-state index is -1.10. The molecular formula is C16H15NO2. The summed E-state index contributed by atoms with van der Waals surface area (Å²) in [5.74, 6) is 0.749. The van der Waals surface area contributed by atoms with E-state index in [9.17, 15) is 5.11 Å². The maximum atomic E-state index is 10.7. The van der Waals surface area contributed by atoms with Gasteiger partial charge in [0, 0.05) is 0 Å². The Hall–Kier alpha value is -2.31. The summed E-state index contributed by atoms with van der Waals surface area (Å²) in [5, 5.41) is 19.4. The van der Waals surface area contributed by atoms with E-state index in [2.05, 4.69) is 6.07 Å². The van der Waals surface area contributed by atoms with Crippen LogP contribution >= 0.6 is 0 Å². The first-order valence-electron chi connectivity index (χ1n) is 5.95. The van der Waals surface area contributed by atoms with Crippen molar-refractivity contribution in [3.05, 3.63) is 65.2 Å². The van der Waals surface area contributed by atoms with Gasteiger partial charge in [0.05, 0.1) is 18.7 Å². The van der Waals surface area contributed by atoms with Gasteiger partial charge < -0.3 is 9.84 Å². The Morgan fingerprint density at radius 3 is 1.89 bits per heavy atom. The van der Waals surface area contributed by atoms with E-state index in [4.69, 9.17) is 10.00 Å². The van der Waals surface area contributed by atoms with Crippen molar-refractivity contribution in [2.45, 2.75) is 12.5 Å². The van der Waals surface area contributed by atoms with E-state index in [0.717, 1.165) is 16.9 Å². The molecule has 0 saturated carbocycles. The topological polar surface area (TPSA) is 53.2 Å². The molecule has 2 aromatic rings. The molecule has 1 unspecified atom stereocenters. The molecule has 0 aromatic heterocycles. The SMILES string of the molecule is COc1ccc(C(C)(O)c2ccc(C#N)cc2)cc1. The number of aliphatic hydroxyl groups is 1. The summed E-state index contributed by atoms with van der Waals surface area (Å²) in [6.07, 6.45) is 0. The molecule has 0 heterocycles. The standard InChI is InChI=1S/C16H15NO2/c1-16(18,13-5-3-12(11-17)4-6-13)14-7-9-15(19-2)10-8-14/h3-10,18H,1-2H3. The molecule has 0 spiro atoms. The molecule has 0 aliphatic rings. The minimum absolute atomic E-state index is 0.578. The molecule has 3 nitrogen and oxygen atoms in total. The molecule has 2 rings (SSSR count). The van der Waals surface area contributed by atoms with Crippen molar-refractivity contribution in [2.75, 3.05) is 7.11 Å². The Morgan fingerprint density at radius 2 is 1.47 bits per heavy atom. The first-order valence-corrected chi connectivity index (χ1v) is 5.95. The van der Waals surface area contributed by atoms with Crippen LogP contribution in [0.15, 0.2) is 48.5 Å². The van der Waals surface area contributed by atoms with Crippen LogP contribution in [0.3, 0.4) is 0 Å². The number of benzene rings is 2. The van der Waals surface area contributed by atoms with Gasteiger partial charge in [0.1, 0.15) is 11.4 Å². The van der Waals surface area contributed by atoms with Crippen molar-refractivity contribution in [3.8, 4) is 11.8 Å². The largest absolute Gasteiger partial charge is 0.497 e. The zero-order valence-corrected chi connectivity index (χ0v) is 10.9. The summed E-state index contributed by atoms with van der Waals surface area (Å²) in [6, 6.07) is 16.3. The van der Waals surface area contributed by atoms with E-state index in [0.29, 0.717) is 5.56 Å². The van der Waals surface area contributed by atoms with Crippen molar-refractivity contribution in [1.82, 2.24) is 0 Å². The summed E-state index contributed by atoms with van der Waals surface area (Å²) >= 11 is 0. The second-order valence-corrected chi connectivity index (χ2v) is 4.49. The van der Waals surface area contributed by atoms with Gasteiger partial charge in [-0.1, -0.05) is 24.3 Å². The zero-order chi connectivity index (χ0) is 13.9. The summed E-state index contributed by atoms with van der Waals surface area (Å²) in [5.41, 5.74) is 1.00. The van der Waals surface area contributed by atoms with Crippen LogP contribution in [-0.4, -0.2) is 12.2 Å². The summed E-state index contributed by atoms with van der Waals surface area (Å²) < 4.78 is 5.10. The van der Waals surface area contributed by atoms with Gasteiger partial charge in [-0.05, 0) is 42.3 Å². The number of hydrogen-bond donors (Lipinski definition) is 1. The molecule has 96 valence electrons. The Kier molecular flexibility index (Phi) is 3.55. The van der Waals surface area contributed by atoms with E-state index < -0.39 is 5.60 Å². The Morgan fingerprint density at radius 1 is 1.00 bits per heavy atom. The molecule has 0 fully saturated rings. The normalized spacial score (nSPS) is 13.4. The predicted octanol–water partition coefficient (Wildman–Crippen LogP) is 2.82. The highest BCUT2D eigenvalue weighted by molar-refractivity contribution is 5.40. The highest BCUT2D eigenvalue weighted by Gasteiger charge is 2.25. The average Bonchev–Trinajstić information content (AvgIpc) is 2.47. The van der Waals surface area contributed by atoms with Crippen molar-refractivity contribution in [3.63, 3.8) is 0 Å². The Balaban J connectivity index is 2.36. The molecule has 0 aliphatic carbocycles. The molecule has 2 aromatic carbocycles. The fraction of sp³-hybridized carbons (Fsp3) is 0.188. The van der Waals surface area contributed by atoms with Crippen LogP contribution in [0, 0.1) is 11.3 Å². The Bertz CT molecular complexity index is 592. The van der Waals surface area contributed by atoms with Gasteiger partial charge in [-0.15, -0.1) is 0 Å². The molecule has 1 atom stereocenters. The van der Waals surface area contributed by atoms with Crippen LogP contribution in [-0.2, 0) is 5.60 Å². The van der Waals surface area contributed by atoms with E-state index in [-0.39, 0.29) is 0 Å². The van der Waals surface area contributed by atoms with Crippen LogP contribution in [0.25, 0.3) is 0 Å². The number of nitrogens with zero attached hydrogens (tertiary/aromatic N) is 1. The van der Waals surface area contributed by atoms with Gasteiger partial charge in [-0.3, -0.25) is 0 Å². The van der Waals surface area contributed by atoms with Crippen LogP contribution < -0.4 is 4.74 Å². The Labute approximate surface area is 112 Å². The summed E-state index contributed by atoms with van der Waals surface area (Å²) in [4.78, 5) is 0. The quantitative estimate of drug-likeness (QED) is 0.915. The summed E-state index contributed by atoms with van der Waals surface area (Å²) in [6.45, 7) is 1.73.